The van der Waals surface area contributed by atoms with Gasteiger partial charge >= 0.3 is 0 Å². The van der Waals surface area contributed by atoms with Crippen molar-refractivity contribution in [2.24, 2.45) is 0 Å². The largest absolute Gasteiger partial charge is 0.316 e. The Bertz CT molecular complexity index is 833. The first-order valence-electron chi connectivity index (χ1n) is 10.2. The van der Waals surface area contributed by atoms with Crippen LogP contribution in [0.3, 0.4) is 0 Å². The summed E-state index contributed by atoms with van der Waals surface area (Å²) < 4.78 is 0. The number of amides is 2. The Hall–Kier alpha value is -2.40. The lowest BCUT2D eigenvalue weighted by molar-refractivity contribution is -0.117. The Labute approximate surface area is 184 Å². The summed E-state index contributed by atoms with van der Waals surface area (Å²) in [6.45, 7) is 12.2. The van der Waals surface area contributed by atoms with E-state index in [2.05, 4.69) is 38.2 Å². The Morgan fingerprint density at radius 1 is 0.867 bits per heavy atom. The average molecular weight is 429 g/mol. The van der Waals surface area contributed by atoms with Gasteiger partial charge in [0.1, 0.15) is 0 Å². The monoisotopic (exact) mass is 428 g/mol. The molecule has 0 bridgehead atoms. The number of aryl methyl sites for hydroxylation is 1. The normalized spacial score (nSPS) is 10.3. The topological polar surface area (TPSA) is 40.6 Å². The smallest absolute Gasteiger partial charge is 0.223 e. The second-order valence-electron chi connectivity index (χ2n) is 8.18. The molecule has 166 valence electrons. The van der Waals surface area contributed by atoms with Crippen molar-refractivity contribution in [2.45, 2.75) is 60.7 Å². The summed E-state index contributed by atoms with van der Waals surface area (Å²) in [6.07, 6.45) is 1.23. The van der Waals surface area contributed by atoms with E-state index in [-0.39, 0.29) is 19.2 Å². The molecule has 2 aromatic carbocycles. The Morgan fingerprint density at radius 3 is 1.77 bits per heavy atom. The predicted molar refractivity (Wildman–Crippen MR) is 135 cm³/mol. The van der Waals surface area contributed by atoms with Gasteiger partial charge in [-0.2, -0.15) is 0 Å². The first-order valence-corrected chi connectivity index (χ1v) is 13.4. The molecule has 0 aliphatic carbocycles. The fourth-order valence-electron chi connectivity index (χ4n) is 3.11. The van der Waals surface area contributed by atoms with Gasteiger partial charge in [-0.25, -0.2) is 0 Å². The molecule has 30 heavy (non-hydrogen) atoms. The lowest BCUT2D eigenvalue weighted by Gasteiger charge is -2.24. The van der Waals surface area contributed by atoms with Crippen LogP contribution < -0.4 is 15.0 Å². The minimum absolute atomic E-state index is 0. The van der Waals surface area contributed by atoms with E-state index in [0.717, 1.165) is 11.4 Å². The van der Waals surface area contributed by atoms with E-state index in [0.29, 0.717) is 0 Å². The Morgan fingerprint density at radius 2 is 1.33 bits per heavy atom. The minimum atomic E-state index is -1.33. The Kier molecular flexibility index (Phi) is 11.3. The first kappa shape index (κ1) is 27.6. The molecule has 0 saturated heterocycles. The van der Waals surface area contributed by atoms with Crippen LogP contribution in [-0.4, -0.2) is 34.0 Å². The van der Waals surface area contributed by atoms with Gasteiger partial charge in [-0.05, 0) is 36.8 Å². The molecule has 0 radical (unpaired) electrons. The molecule has 0 fully saturated rings. The van der Waals surface area contributed by atoms with Crippen molar-refractivity contribution in [3.8, 4) is 0 Å². The maximum atomic E-state index is 11.4. The van der Waals surface area contributed by atoms with Crippen LogP contribution in [0.2, 0.25) is 19.1 Å². The summed E-state index contributed by atoms with van der Waals surface area (Å²) in [5, 5.41) is 1.44. The van der Waals surface area contributed by atoms with E-state index in [1.807, 2.05) is 44.3 Å². The van der Waals surface area contributed by atoms with Gasteiger partial charge in [0.25, 0.3) is 0 Å². The second kappa shape index (κ2) is 12.3. The van der Waals surface area contributed by atoms with Gasteiger partial charge in [0.15, 0.2) is 0 Å². The first-order chi connectivity index (χ1) is 13.5. The number of anilines is 2. The van der Waals surface area contributed by atoms with Gasteiger partial charge in [0.05, 0.1) is 8.07 Å². The molecule has 0 aliphatic heterocycles. The van der Waals surface area contributed by atoms with Crippen LogP contribution in [0.4, 0.5) is 11.4 Å². The zero-order valence-electron chi connectivity index (χ0n) is 19.2. The van der Waals surface area contributed by atoms with Crippen molar-refractivity contribution in [1.82, 2.24) is 0 Å². The highest BCUT2D eigenvalue weighted by Crippen LogP contribution is 2.17. The van der Waals surface area contributed by atoms with Crippen molar-refractivity contribution in [1.29, 1.82) is 0 Å². The summed E-state index contributed by atoms with van der Waals surface area (Å²) in [5.74, 6) is 0.137. The summed E-state index contributed by atoms with van der Waals surface area (Å²) in [4.78, 5) is 25.7. The molecule has 5 heteroatoms. The van der Waals surface area contributed by atoms with E-state index < -0.39 is 8.07 Å². The molecule has 2 amide bonds. The fourth-order valence-corrected chi connectivity index (χ4v) is 5.73. The quantitative estimate of drug-likeness (QED) is 0.581. The third kappa shape index (κ3) is 8.15. The molecule has 0 unspecified atom stereocenters. The van der Waals surface area contributed by atoms with Crippen LogP contribution >= 0.6 is 0 Å². The van der Waals surface area contributed by atoms with Crippen molar-refractivity contribution < 1.29 is 9.59 Å². The second-order valence-corrected chi connectivity index (χ2v) is 13.0. The zero-order valence-corrected chi connectivity index (χ0v) is 20.2. The maximum absolute atomic E-state index is 11.4. The number of carbonyl (C=O) groups excluding carboxylic acids is 2. The SMILES string of the molecule is C.CC(=O)N(C)c1cccc(C)c1.CCC[Si](C)(C)c1cccc(N(C)C(C)=O)c1. The van der Waals surface area contributed by atoms with Crippen molar-refractivity contribution >= 4 is 36.4 Å². The van der Waals surface area contributed by atoms with Crippen LogP contribution in [0.5, 0.6) is 0 Å². The van der Waals surface area contributed by atoms with E-state index in [9.17, 15) is 9.59 Å². The third-order valence-electron chi connectivity index (χ3n) is 5.22. The lowest BCUT2D eigenvalue weighted by atomic mass is 10.2. The highest BCUT2D eigenvalue weighted by Gasteiger charge is 2.22. The molecule has 4 nitrogen and oxygen atoms in total. The molecule has 2 rings (SSSR count). The van der Waals surface area contributed by atoms with Gasteiger partial charge in [0, 0.05) is 39.3 Å². The van der Waals surface area contributed by atoms with E-state index in [4.69, 9.17) is 0 Å². The number of hydrogen-bond acceptors (Lipinski definition) is 2. The minimum Gasteiger partial charge on any atom is -0.316 e. The molecule has 0 N–H and O–H groups in total. The highest BCUT2D eigenvalue weighted by atomic mass is 28.3. The number of benzene rings is 2. The van der Waals surface area contributed by atoms with Crippen LogP contribution in [0.1, 0.15) is 40.2 Å². The molecule has 2 aromatic rings. The van der Waals surface area contributed by atoms with Gasteiger partial charge in [-0.15, -0.1) is 0 Å². The predicted octanol–water partition coefficient (Wildman–Crippen LogP) is 5.61. The summed E-state index contributed by atoms with van der Waals surface area (Å²) in [7, 11) is 2.27. The third-order valence-corrected chi connectivity index (χ3v) is 8.85. The number of carbonyl (C=O) groups is 2. The number of nitrogens with zero attached hydrogens (tertiary/aromatic N) is 2. The molecule has 0 aliphatic rings. The zero-order chi connectivity index (χ0) is 22.2. The summed E-state index contributed by atoms with van der Waals surface area (Å²) in [6, 6.07) is 17.6. The molecule has 0 spiro atoms. The molecule has 0 aromatic heterocycles. The van der Waals surface area contributed by atoms with E-state index in [1.54, 1.807) is 30.7 Å². The molecule has 0 heterocycles. The summed E-state index contributed by atoms with van der Waals surface area (Å²) >= 11 is 0. The van der Waals surface area contributed by atoms with Crippen LogP contribution in [0.25, 0.3) is 0 Å². The van der Waals surface area contributed by atoms with Gasteiger partial charge in [-0.3, -0.25) is 9.59 Å². The highest BCUT2D eigenvalue weighted by molar-refractivity contribution is 6.89. The van der Waals surface area contributed by atoms with Gasteiger partial charge in [-0.1, -0.05) is 69.4 Å². The van der Waals surface area contributed by atoms with Crippen molar-refractivity contribution in [3.05, 3.63) is 54.1 Å². The molecular weight excluding hydrogens is 388 g/mol. The molecule has 0 atom stereocenters. The average Bonchev–Trinajstić information content (AvgIpc) is 2.67. The lowest BCUT2D eigenvalue weighted by Crippen LogP contribution is -2.41. The maximum Gasteiger partial charge on any atom is 0.223 e. The Balaban J connectivity index is 0.000000573. The van der Waals surface area contributed by atoms with Crippen molar-refractivity contribution in [2.75, 3.05) is 23.9 Å². The summed E-state index contributed by atoms with van der Waals surface area (Å²) in [5.41, 5.74) is 3.12. The van der Waals surface area contributed by atoms with E-state index in [1.165, 1.54) is 23.2 Å². The van der Waals surface area contributed by atoms with Crippen LogP contribution in [0.15, 0.2) is 48.5 Å². The fraction of sp³-hybridized carbons (Fsp3) is 0.440. The standard InChI is InChI=1S/C14H23NOSi.C10H13NO.CH4/c1-6-10-17(4,5)14-9-7-8-13(11-14)15(3)12(2)16;1-8-5-4-6-10(7-8)11(3)9(2)12;/h7-9,11H,6,10H2,1-5H3;4-7H,1-3H3;1H4. The number of hydrogen-bond donors (Lipinski definition) is 0. The van der Waals surface area contributed by atoms with Crippen LogP contribution in [0, 0.1) is 6.92 Å². The molecular formula is C25H40N2O2Si. The van der Waals surface area contributed by atoms with Gasteiger partial charge in [0.2, 0.25) is 11.8 Å². The van der Waals surface area contributed by atoms with Gasteiger partial charge < -0.3 is 9.80 Å². The number of rotatable bonds is 5. The van der Waals surface area contributed by atoms with Crippen LogP contribution in [-0.2, 0) is 9.59 Å². The van der Waals surface area contributed by atoms with Crippen molar-refractivity contribution in [3.63, 3.8) is 0 Å². The van der Waals surface area contributed by atoms with E-state index >= 15 is 0 Å². The molecule has 0 saturated carbocycles.